The van der Waals surface area contributed by atoms with Crippen LogP contribution < -0.4 is 5.56 Å². The van der Waals surface area contributed by atoms with Crippen molar-refractivity contribution in [3.05, 3.63) is 148 Å². The van der Waals surface area contributed by atoms with Crippen LogP contribution >= 0.6 is 0 Å². The summed E-state index contributed by atoms with van der Waals surface area (Å²) in [6.07, 6.45) is 2.24. The van der Waals surface area contributed by atoms with E-state index < -0.39 is 11.4 Å². The number of nitrogens with zero attached hydrogens (tertiary/aromatic N) is 3. The van der Waals surface area contributed by atoms with Crippen molar-refractivity contribution in [1.29, 1.82) is 0 Å². The molecule has 0 bridgehead atoms. The molecule has 0 saturated carbocycles. The summed E-state index contributed by atoms with van der Waals surface area (Å²) in [6, 6.07) is 31.1. The fraction of sp³-hybridized carbons (Fsp3) is 0.129. The zero-order valence-corrected chi connectivity index (χ0v) is 20.3. The summed E-state index contributed by atoms with van der Waals surface area (Å²) >= 11 is 0. The van der Waals surface area contributed by atoms with Crippen molar-refractivity contribution in [3.8, 4) is 0 Å². The SMILES string of the molecule is O=C(c1cc2cccnc2n(Cc2ccccc2F)c1=O)N(CCc1ccccc1)Cc1ccccc1. The maximum Gasteiger partial charge on any atom is 0.265 e. The van der Waals surface area contributed by atoms with Gasteiger partial charge in [-0.05, 0) is 41.8 Å². The van der Waals surface area contributed by atoms with Crippen LogP contribution in [0.2, 0.25) is 0 Å². The van der Waals surface area contributed by atoms with Gasteiger partial charge in [-0.1, -0.05) is 78.9 Å². The zero-order valence-electron chi connectivity index (χ0n) is 20.3. The number of hydrogen-bond acceptors (Lipinski definition) is 3. The summed E-state index contributed by atoms with van der Waals surface area (Å²) in [5.74, 6) is -0.776. The van der Waals surface area contributed by atoms with Crippen LogP contribution in [0, 0.1) is 5.82 Å². The Bertz CT molecular complexity index is 1580. The molecule has 5 nitrogen and oxygen atoms in total. The average Bonchev–Trinajstić information content (AvgIpc) is 2.94. The highest BCUT2D eigenvalue weighted by Gasteiger charge is 2.22. The summed E-state index contributed by atoms with van der Waals surface area (Å²) < 4.78 is 15.9. The van der Waals surface area contributed by atoms with Crippen LogP contribution in [0.1, 0.15) is 27.0 Å². The summed E-state index contributed by atoms with van der Waals surface area (Å²) in [6.45, 7) is 0.781. The van der Waals surface area contributed by atoms with Crippen molar-refractivity contribution in [2.24, 2.45) is 0 Å². The number of amides is 1. The molecule has 2 heterocycles. The highest BCUT2D eigenvalue weighted by atomic mass is 19.1. The van der Waals surface area contributed by atoms with Crippen LogP contribution in [0.15, 0.2) is 114 Å². The predicted octanol–water partition coefficient (Wildman–Crippen LogP) is 5.47. The Labute approximate surface area is 214 Å². The van der Waals surface area contributed by atoms with Crippen molar-refractivity contribution in [3.63, 3.8) is 0 Å². The second kappa shape index (κ2) is 11.0. The molecule has 6 heteroatoms. The van der Waals surface area contributed by atoms with Gasteiger partial charge in [0.15, 0.2) is 0 Å². The number of rotatable bonds is 8. The lowest BCUT2D eigenvalue weighted by Gasteiger charge is -2.23. The molecule has 5 rings (SSSR count). The van der Waals surface area contributed by atoms with Gasteiger partial charge in [0.2, 0.25) is 0 Å². The Morgan fingerprint density at radius 2 is 1.51 bits per heavy atom. The molecule has 0 atom stereocenters. The van der Waals surface area contributed by atoms with E-state index >= 15 is 0 Å². The number of halogens is 1. The first-order valence-electron chi connectivity index (χ1n) is 12.2. The molecule has 37 heavy (non-hydrogen) atoms. The minimum atomic E-state index is -0.489. The monoisotopic (exact) mass is 491 g/mol. The molecule has 0 radical (unpaired) electrons. The molecule has 0 N–H and O–H groups in total. The molecule has 0 aliphatic carbocycles. The third kappa shape index (κ3) is 5.48. The van der Waals surface area contributed by atoms with Gasteiger partial charge in [-0.3, -0.25) is 14.2 Å². The average molecular weight is 492 g/mol. The maximum atomic E-state index is 14.5. The third-order valence-corrected chi connectivity index (χ3v) is 6.38. The number of benzene rings is 3. The van der Waals surface area contributed by atoms with E-state index in [1.807, 2.05) is 66.7 Å². The van der Waals surface area contributed by atoms with E-state index in [1.54, 1.807) is 41.4 Å². The van der Waals surface area contributed by atoms with Gasteiger partial charge in [-0.2, -0.15) is 0 Å². The second-order valence-corrected chi connectivity index (χ2v) is 8.90. The maximum absolute atomic E-state index is 14.5. The van der Waals surface area contributed by atoms with Crippen LogP contribution in [0.3, 0.4) is 0 Å². The van der Waals surface area contributed by atoms with E-state index in [9.17, 15) is 14.0 Å². The summed E-state index contributed by atoms with van der Waals surface area (Å²) in [5, 5.41) is 0.643. The summed E-state index contributed by atoms with van der Waals surface area (Å²) in [5.41, 5.74) is 2.39. The quantitative estimate of drug-likeness (QED) is 0.289. The molecule has 0 fully saturated rings. The van der Waals surface area contributed by atoms with E-state index in [-0.39, 0.29) is 18.0 Å². The van der Waals surface area contributed by atoms with Crippen LogP contribution in [0.4, 0.5) is 4.39 Å². The van der Waals surface area contributed by atoms with Gasteiger partial charge in [-0.15, -0.1) is 0 Å². The molecule has 1 amide bonds. The van der Waals surface area contributed by atoms with E-state index in [4.69, 9.17) is 0 Å². The van der Waals surface area contributed by atoms with E-state index in [0.29, 0.717) is 36.1 Å². The van der Waals surface area contributed by atoms with Crippen LogP contribution in [-0.2, 0) is 19.5 Å². The van der Waals surface area contributed by atoms with Gasteiger partial charge >= 0.3 is 0 Å². The first-order chi connectivity index (χ1) is 18.1. The Kier molecular flexibility index (Phi) is 7.17. The summed E-state index contributed by atoms with van der Waals surface area (Å²) in [7, 11) is 0. The Morgan fingerprint density at radius 3 is 2.24 bits per heavy atom. The van der Waals surface area contributed by atoms with E-state index in [1.165, 1.54) is 10.6 Å². The fourth-order valence-corrected chi connectivity index (χ4v) is 4.44. The molecular formula is C31H26FN3O2. The Balaban J connectivity index is 1.55. The lowest BCUT2D eigenvalue weighted by molar-refractivity contribution is 0.0743. The molecular weight excluding hydrogens is 465 g/mol. The largest absolute Gasteiger partial charge is 0.334 e. The second-order valence-electron chi connectivity index (χ2n) is 8.90. The molecule has 0 spiro atoms. The van der Waals surface area contributed by atoms with Gasteiger partial charge in [-0.25, -0.2) is 9.37 Å². The fourth-order valence-electron chi connectivity index (χ4n) is 4.44. The molecule has 0 saturated heterocycles. The highest BCUT2D eigenvalue weighted by molar-refractivity contribution is 5.97. The van der Waals surface area contributed by atoms with Crippen LogP contribution in [0.5, 0.6) is 0 Å². The van der Waals surface area contributed by atoms with Crippen molar-refractivity contribution in [2.75, 3.05) is 6.54 Å². The molecule has 0 unspecified atom stereocenters. The third-order valence-electron chi connectivity index (χ3n) is 6.38. The smallest absolute Gasteiger partial charge is 0.265 e. The van der Waals surface area contributed by atoms with E-state index in [2.05, 4.69) is 4.98 Å². The molecule has 5 aromatic rings. The number of hydrogen-bond donors (Lipinski definition) is 0. The first-order valence-corrected chi connectivity index (χ1v) is 12.2. The predicted molar refractivity (Wildman–Crippen MR) is 143 cm³/mol. The lowest BCUT2D eigenvalue weighted by atomic mass is 10.1. The summed E-state index contributed by atoms with van der Waals surface area (Å²) in [4.78, 5) is 33.7. The first kappa shape index (κ1) is 24.1. The van der Waals surface area contributed by atoms with Gasteiger partial charge in [0.25, 0.3) is 11.5 Å². The molecule has 0 aliphatic heterocycles. The number of pyridine rings is 2. The lowest BCUT2D eigenvalue weighted by Crippen LogP contribution is -2.38. The van der Waals surface area contributed by atoms with Gasteiger partial charge < -0.3 is 4.90 Å². The standard InChI is InChI=1S/C31H26FN3O2/c32-28-16-8-7-14-26(28)22-35-29-25(15-9-18-33-29)20-27(31(35)37)30(36)34(21-24-12-5-2-6-13-24)19-17-23-10-3-1-4-11-23/h1-16,18,20H,17,19,21-22H2. The Hall–Kier alpha value is -4.58. The van der Waals surface area contributed by atoms with Crippen molar-refractivity contribution in [1.82, 2.24) is 14.5 Å². The number of aromatic nitrogens is 2. The van der Waals surface area contributed by atoms with E-state index in [0.717, 1.165) is 11.1 Å². The molecule has 3 aromatic carbocycles. The normalized spacial score (nSPS) is 10.9. The minimum absolute atomic E-state index is 0.0250. The highest BCUT2D eigenvalue weighted by Crippen LogP contribution is 2.17. The van der Waals surface area contributed by atoms with Crippen molar-refractivity contribution in [2.45, 2.75) is 19.5 Å². The van der Waals surface area contributed by atoms with Gasteiger partial charge in [0.05, 0.1) is 6.54 Å². The molecule has 0 aliphatic rings. The van der Waals surface area contributed by atoms with Gasteiger partial charge in [0.1, 0.15) is 17.0 Å². The van der Waals surface area contributed by atoms with Gasteiger partial charge in [0, 0.05) is 30.2 Å². The number of fused-ring (bicyclic) bond motifs is 1. The zero-order chi connectivity index (χ0) is 25.6. The topological polar surface area (TPSA) is 55.2 Å². The number of carbonyl (C=O) groups excluding carboxylic acids is 1. The minimum Gasteiger partial charge on any atom is -0.334 e. The molecule has 184 valence electrons. The van der Waals surface area contributed by atoms with Crippen molar-refractivity contribution < 1.29 is 9.18 Å². The Morgan fingerprint density at radius 1 is 0.838 bits per heavy atom. The van der Waals surface area contributed by atoms with Crippen molar-refractivity contribution >= 4 is 16.9 Å². The molecule has 2 aromatic heterocycles. The van der Waals surface area contributed by atoms with Crippen LogP contribution in [0.25, 0.3) is 11.0 Å². The van der Waals surface area contributed by atoms with Crippen LogP contribution in [-0.4, -0.2) is 26.9 Å². The number of carbonyl (C=O) groups is 1.